The zero-order chi connectivity index (χ0) is 15.6. The predicted octanol–water partition coefficient (Wildman–Crippen LogP) is 2.76. The van der Waals surface area contributed by atoms with Crippen molar-refractivity contribution in [1.82, 2.24) is 4.90 Å². The number of hydrogen-bond donors (Lipinski definition) is 1. The standard InChI is InChI=1S/C16H20ClNO3/c1-10-3-4-12(7-14(10)17)5-6-15(19)18-8-11(2)13(9-18)16(20)21/h3-4,7,11,13H,5-6,8-9H2,1-2H3,(H,20,21)/t11-,13-/m1/s1. The smallest absolute Gasteiger partial charge is 0.308 e. The van der Waals surface area contributed by atoms with Crippen molar-refractivity contribution in [1.29, 1.82) is 0 Å². The molecule has 1 aliphatic heterocycles. The van der Waals surface area contributed by atoms with Gasteiger partial charge in [0.1, 0.15) is 0 Å². The average molecular weight is 310 g/mol. The minimum Gasteiger partial charge on any atom is -0.481 e. The average Bonchev–Trinajstić information content (AvgIpc) is 2.82. The van der Waals surface area contributed by atoms with Gasteiger partial charge in [-0.05, 0) is 36.5 Å². The summed E-state index contributed by atoms with van der Waals surface area (Å²) >= 11 is 6.07. The van der Waals surface area contributed by atoms with Crippen LogP contribution >= 0.6 is 11.6 Å². The van der Waals surface area contributed by atoms with Crippen LogP contribution in [0, 0.1) is 18.8 Å². The molecule has 1 amide bonds. The molecule has 0 unspecified atom stereocenters. The van der Waals surface area contributed by atoms with Gasteiger partial charge in [-0.25, -0.2) is 0 Å². The van der Waals surface area contributed by atoms with Crippen molar-refractivity contribution < 1.29 is 14.7 Å². The van der Waals surface area contributed by atoms with E-state index < -0.39 is 11.9 Å². The Balaban J connectivity index is 1.90. The summed E-state index contributed by atoms with van der Waals surface area (Å²) in [5, 5.41) is 9.80. The lowest BCUT2D eigenvalue weighted by atomic mass is 9.99. The van der Waals surface area contributed by atoms with Gasteiger partial charge in [0.05, 0.1) is 5.92 Å². The van der Waals surface area contributed by atoms with Gasteiger partial charge in [-0.3, -0.25) is 9.59 Å². The number of likely N-dealkylation sites (tertiary alicyclic amines) is 1. The van der Waals surface area contributed by atoms with E-state index in [1.54, 1.807) is 4.90 Å². The third-order valence-corrected chi connectivity index (χ3v) is 4.55. The fraction of sp³-hybridized carbons (Fsp3) is 0.500. The van der Waals surface area contributed by atoms with E-state index in [2.05, 4.69) is 0 Å². The number of carboxylic acid groups (broad SMARTS) is 1. The number of benzene rings is 1. The van der Waals surface area contributed by atoms with Gasteiger partial charge in [-0.2, -0.15) is 0 Å². The van der Waals surface area contributed by atoms with E-state index in [1.807, 2.05) is 32.0 Å². The van der Waals surface area contributed by atoms with Crippen LogP contribution in [0.1, 0.15) is 24.5 Å². The molecule has 1 saturated heterocycles. The maximum Gasteiger partial charge on any atom is 0.308 e. The van der Waals surface area contributed by atoms with Crippen molar-refractivity contribution in [2.75, 3.05) is 13.1 Å². The molecule has 0 spiro atoms. The quantitative estimate of drug-likeness (QED) is 0.930. The molecule has 1 heterocycles. The number of carboxylic acids is 1. The van der Waals surface area contributed by atoms with Gasteiger partial charge in [0.2, 0.25) is 5.91 Å². The Kier molecular flexibility index (Phi) is 4.88. The maximum absolute atomic E-state index is 12.2. The molecule has 1 N–H and O–H groups in total. The highest BCUT2D eigenvalue weighted by Crippen LogP contribution is 2.24. The number of nitrogens with zero attached hydrogens (tertiary/aromatic N) is 1. The Labute approximate surface area is 129 Å². The molecule has 2 atom stereocenters. The van der Waals surface area contributed by atoms with E-state index in [-0.39, 0.29) is 11.8 Å². The summed E-state index contributed by atoms with van der Waals surface area (Å²) in [5.41, 5.74) is 2.05. The Morgan fingerprint density at radius 1 is 1.38 bits per heavy atom. The van der Waals surface area contributed by atoms with Crippen LogP contribution in [0.3, 0.4) is 0 Å². The molecule has 1 aliphatic rings. The Hall–Kier alpha value is -1.55. The number of rotatable bonds is 4. The number of amides is 1. The van der Waals surface area contributed by atoms with E-state index in [1.165, 1.54) is 0 Å². The largest absolute Gasteiger partial charge is 0.481 e. The van der Waals surface area contributed by atoms with E-state index in [0.717, 1.165) is 11.1 Å². The molecule has 1 fully saturated rings. The predicted molar refractivity (Wildman–Crippen MR) is 81.4 cm³/mol. The molecular weight excluding hydrogens is 290 g/mol. The zero-order valence-electron chi connectivity index (χ0n) is 12.3. The molecular formula is C16H20ClNO3. The zero-order valence-corrected chi connectivity index (χ0v) is 13.1. The number of aryl methyl sites for hydroxylation is 2. The van der Waals surface area contributed by atoms with Gasteiger partial charge < -0.3 is 10.0 Å². The lowest BCUT2D eigenvalue weighted by molar-refractivity contribution is -0.142. The lowest BCUT2D eigenvalue weighted by Gasteiger charge is -2.16. The number of hydrogen-bond acceptors (Lipinski definition) is 2. The highest BCUT2D eigenvalue weighted by atomic mass is 35.5. The van der Waals surface area contributed by atoms with Crippen molar-refractivity contribution in [2.24, 2.45) is 11.8 Å². The van der Waals surface area contributed by atoms with E-state index >= 15 is 0 Å². The second kappa shape index (κ2) is 6.48. The highest BCUT2D eigenvalue weighted by molar-refractivity contribution is 6.31. The second-order valence-corrected chi connectivity index (χ2v) is 6.21. The third kappa shape index (κ3) is 3.76. The van der Waals surface area contributed by atoms with Gasteiger partial charge in [-0.1, -0.05) is 30.7 Å². The van der Waals surface area contributed by atoms with Gasteiger partial charge in [0, 0.05) is 24.5 Å². The van der Waals surface area contributed by atoms with Crippen LogP contribution in [0.2, 0.25) is 5.02 Å². The molecule has 0 saturated carbocycles. The number of aliphatic carboxylic acids is 1. The van der Waals surface area contributed by atoms with Crippen LogP contribution in [0.25, 0.3) is 0 Å². The SMILES string of the molecule is Cc1ccc(CCC(=O)N2C[C@@H](C)[C@H](C(=O)O)C2)cc1Cl. The summed E-state index contributed by atoms with van der Waals surface area (Å²) in [6.45, 7) is 4.68. The first-order chi connectivity index (χ1) is 9.88. The minimum atomic E-state index is -0.817. The van der Waals surface area contributed by atoms with Crippen molar-refractivity contribution >= 4 is 23.5 Å². The second-order valence-electron chi connectivity index (χ2n) is 5.80. The van der Waals surface area contributed by atoms with E-state index in [9.17, 15) is 9.59 Å². The molecule has 5 heteroatoms. The van der Waals surface area contributed by atoms with Crippen LogP contribution in [-0.2, 0) is 16.0 Å². The molecule has 1 aromatic rings. The molecule has 114 valence electrons. The monoisotopic (exact) mass is 309 g/mol. The molecule has 0 bridgehead atoms. The normalized spacial score (nSPS) is 21.6. The first-order valence-electron chi connectivity index (χ1n) is 7.14. The Bertz CT molecular complexity index is 558. The summed E-state index contributed by atoms with van der Waals surface area (Å²) in [7, 11) is 0. The summed E-state index contributed by atoms with van der Waals surface area (Å²) in [4.78, 5) is 24.9. The molecule has 0 aliphatic carbocycles. The van der Waals surface area contributed by atoms with E-state index in [0.29, 0.717) is 31.0 Å². The Morgan fingerprint density at radius 2 is 2.10 bits per heavy atom. The molecule has 1 aromatic carbocycles. The van der Waals surface area contributed by atoms with Crippen molar-refractivity contribution in [3.63, 3.8) is 0 Å². The van der Waals surface area contributed by atoms with E-state index in [4.69, 9.17) is 16.7 Å². The Morgan fingerprint density at radius 3 is 2.67 bits per heavy atom. The first-order valence-corrected chi connectivity index (χ1v) is 7.52. The van der Waals surface area contributed by atoms with Gasteiger partial charge >= 0.3 is 5.97 Å². The van der Waals surface area contributed by atoms with Gasteiger partial charge in [-0.15, -0.1) is 0 Å². The summed E-state index contributed by atoms with van der Waals surface area (Å²) in [5.74, 6) is -1.23. The van der Waals surface area contributed by atoms with Gasteiger partial charge in [0.25, 0.3) is 0 Å². The maximum atomic E-state index is 12.2. The fourth-order valence-electron chi connectivity index (χ4n) is 2.69. The van der Waals surface area contributed by atoms with Crippen molar-refractivity contribution in [3.05, 3.63) is 34.3 Å². The molecule has 2 rings (SSSR count). The topological polar surface area (TPSA) is 57.6 Å². The third-order valence-electron chi connectivity index (χ3n) is 4.15. The summed E-state index contributed by atoms with van der Waals surface area (Å²) in [6, 6.07) is 5.80. The summed E-state index contributed by atoms with van der Waals surface area (Å²) in [6.07, 6.45) is 1.01. The van der Waals surface area contributed by atoms with Crippen molar-refractivity contribution in [3.8, 4) is 0 Å². The number of halogens is 1. The molecule has 21 heavy (non-hydrogen) atoms. The summed E-state index contributed by atoms with van der Waals surface area (Å²) < 4.78 is 0. The number of carbonyl (C=O) groups is 2. The van der Waals surface area contributed by atoms with Crippen LogP contribution in [0.15, 0.2) is 18.2 Å². The molecule has 0 radical (unpaired) electrons. The molecule has 0 aromatic heterocycles. The van der Waals surface area contributed by atoms with Crippen molar-refractivity contribution in [2.45, 2.75) is 26.7 Å². The molecule has 4 nitrogen and oxygen atoms in total. The van der Waals surface area contributed by atoms with Crippen LogP contribution in [0.4, 0.5) is 0 Å². The lowest BCUT2D eigenvalue weighted by Crippen LogP contribution is -2.30. The highest BCUT2D eigenvalue weighted by Gasteiger charge is 2.36. The number of carbonyl (C=O) groups excluding carboxylic acids is 1. The van der Waals surface area contributed by atoms with Crippen LogP contribution in [0.5, 0.6) is 0 Å². The van der Waals surface area contributed by atoms with Crippen LogP contribution < -0.4 is 0 Å². The minimum absolute atomic E-state index is 0.0141. The fourth-order valence-corrected chi connectivity index (χ4v) is 2.90. The van der Waals surface area contributed by atoms with Crippen LogP contribution in [-0.4, -0.2) is 35.0 Å². The first kappa shape index (κ1) is 15.8. The van der Waals surface area contributed by atoms with Gasteiger partial charge in [0.15, 0.2) is 0 Å².